The average Bonchev–Trinajstić information content (AvgIpc) is 3.23. The van der Waals surface area contributed by atoms with Crippen LogP contribution in [0.15, 0.2) is 72.8 Å². The molecule has 4 aromatic rings. The van der Waals surface area contributed by atoms with Gasteiger partial charge in [0.25, 0.3) is 0 Å². The first kappa shape index (κ1) is 20.0. The fourth-order valence-electron chi connectivity index (χ4n) is 3.94. The second-order valence-electron chi connectivity index (χ2n) is 9.31. The van der Waals surface area contributed by atoms with E-state index in [4.69, 9.17) is 14.3 Å². The lowest BCUT2D eigenvalue weighted by Crippen LogP contribution is -2.41. The third-order valence-corrected chi connectivity index (χ3v) is 6.55. The van der Waals surface area contributed by atoms with Crippen LogP contribution in [0, 0.1) is 6.92 Å². The lowest BCUT2D eigenvalue weighted by atomic mass is 9.79. The van der Waals surface area contributed by atoms with E-state index in [1.165, 1.54) is 5.56 Å². The van der Waals surface area contributed by atoms with Crippen LogP contribution < -0.4 is 5.46 Å². The molecule has 5 heteroatoms. The van der Waals surface area contributed by atoms with Gasteiger partial charge in [-0.05, 0) is 64.3 Å². The average molecular weight is 410 g/mol. The molecule has 1 aliphatic rings. The highest BCUT2D eigenvalue weighted by molar-refractivity contribution is 6.62. The molecule has 0 amide bonds. The Morgan fingerprint density at radius 1 is 0.774 bits per heavy atom. The van der Waals surface area contributed by atoms with Crippen LogP contribution in [0.25, 0.3) is 28.1 Å². The van der Waals surface area contributed by atoms with Gasteiger partial charge in [0.15, 0.2) is 0 Å². The molecule has 0 saturated carbocycles. The van der Waals surface area contributed by atoms with Gasteiger partial charge in [0.1, 0.15) is 5.82 Å². The fraction of sp³-hybridized carbons (Fsp3) is 0.269. The number of fused-ring (bicyclic) bond motifs is 1. The monoisotopic (exact) mass is 410 g/mol. The highest BCUT2D eigenvalue weighted by Gasteiger charge is 2.51. The molecule has 0 N–H and O–H groups in total. The zero-order chi connectivity index (χ0) is 21.8. The van der Waals surface area contributed by atoms with Crippen LogP contribution in [0.1, 0.15) is 33.3 Å². The van der Waals surface area contributed by atoms with Crippen molar-refractivity contribution < 1.29 is 9.31 Å². The minimum atomic E-state index is -0.366. The molecular formula is C26H27BN2O2. The normalized spacial score (nSPS) is 17.4. The van der Waals surface area contributed by atoms with Crippen molar-refractivity contribution in [3.63, 3.8) is 0 Å². The molecule has 0 atom stereocenters. The van der Waals surface area contributed by atoms with Crippen LogP contribution in [-0.2, 0) is 9.31 Å². The van der Waals surface area contributed by atoms with E-state index in [-0.39, 0.29) is 18.3 Å². The summed E-state index contributed by atoms with van der Waals surface area (Å²) in [5, 5.41) is 0. The molecule has 0 bridgehead atoms. The Morgan fingerprint density at radius 3 is 2.03 bits per heavy atom. The van der Waals surface area contributed by atoms with E-state index in [1.54, 1.807) is 0 Å². The van der Waals surface area contributed by atoms with Crippen molar-refractivity contribution in [3.8, 4) is 17.1 Å². The Hall–Kier alpha value is -2.89. The maximum absolute atomic E-state index is 6.20. The molecular weight excluding hydrogens is 383 g/mol. The number of hydrogen-bond donors (Lipinski definition) is 0. The van der Waals surface area contributed by atoms with Gasteiger partial charge >= 0.3 is 7.12 Å². The lowest BCUT2D eigenvalue weighted by molar-refractivity contribution is 0.00578. The molecule has 0 radical (unpaired) electrons. The van der Waals surface area contributed by atoms with Gasteiger partial charge in [-0.25, -0.2) is 4.98 Å². The van der Waals surface area contributed by atoms with Gasteiger partial charge < -0.3 is 9.31 Å². The number of aryl methyl sites for hydroxylation is 1. The maximum atomic E-state index is 6.20. The largest absolute Gasteiger partial charge is 0.494 e. The molecule has 1 fully saturated rings. The van der Waals surface area contributed by atoms with E-state index in [9.17, 15) is 0 Å². The summed E-state index contributed by atoms with van der Waals surface area (Å²) in [6.07, 6.45) is 0. The molecule has 2 heterocycles. The number of aromatic nitrogens is 2. The van der Waals surface area contributed by atoms with Crippen LogP contribution in [-0.4, -0.2) is 27.9 Å². The second-order valence-corrected chi connectivity index (χ2v) is 9.31. The first-order chi connectivity index (χ1) is 14.7. The predicted octanol–water partition coefficient (Wildman–Crippen LogP) is 5.30. The number of para-hydroxylation sites is 2. The van der Waals surface area contributed by atoms with Gasteiger partial charge in [0, 0.05) is 11.3 Å². The summed E-state index contributed by atoms with van der Waals surface area (Å²) in [5.41, 5.74) is 5.78. The maximum Gasteiger partial charge on any atom is 0.494 e. The summed E-state index contributed by atoms with van der Waals surface area (Å²) in [5.74, 6) is 0.922. The summed E-state index contributed by atoms with van der Waals surface area (Å²) in [6, 6.07) is 25.2. The van der Waals surface area contributed by atoms with E-state index in [1.807, 2.05) is 6.07 Å². The van der Waals surface area contributed by atoms with Crippen LogP contribution in [0.4, 0.5) is 0 Å². The van der Waals surface area contributed by atoms with Crippen molar-refractivity contribution in [2.75, 3.05) is 0 Å². The highest BCUT2D eigenvalue weighted by atomic mass is 16.7. The number of nitrogens with zero attached hydrogens (tertiary/aromatic N) is 2. The topological polar surface area (TPSA) is 36.3 Å². The SMILES string of the molecule is Cc1ccc(-n2c(-c3ccc(B4OC(C)(C)C(C)(C)O4)cc3)nc3ccccc32)cc1. The van der Waals surface area contributed by atoms with Crippen molar-refractivity contribution in [3.05, 3.63) is 78.4 Å². The molecule has 1 aromatic heterocycles. The minimum Gasteiger partial charge on any atom is -0.399 e. The summed E-state index contributed by atoms with van der Waals surface area (Å²) >= 11 is 0. The highest BCUT2D eigenvalue weighted by Crippen LogP contribution is 2.36. The summed E-state index contributed by atoms with van der Waals surface area (Å²) < 4.78 is 14.6. The first-order valence-corrected chi connectivity index (χ1v) is 10.8. The van der Waals surface area contributed by atoms with Gasteiger partial charge in [-0.15, -0.1) is 0 Å². The van der Waals surface area contributed by atoms with Gasteiger partial charge in [-0.2, -0.15) is 0 Å². The first-order valence-electron chi connectivity index (χ1n) is 10.8. The Morgan fingerprint density at radius 2 is 1.39 bits per heavy atom. The van der Waals surface area contributed by atoms with Crippen molar-refractivity contribution in [2.24, 2.45) is 0 Å². The molecule has 31 heavy (non-hydrogen) atoms. The van der Waals surface area contributed by atoms with Crippen molar-refractivity contribution in [1.29, 1.82) is 0 Å². The van der Waals surface area contributed by atoms with Crippen LogP contribution in [0.3, 0.4) is 0 Å². The Kier molecular flexibility index (Phi) is 4.58. The Bertz CT molecular complexity index is 1220. The Balaban J connectivity index is 1.56. The molecule has 1 aliphatic heterocycles. The van der Waals surface area contributed by atoms with Gasteiger partial charge in [-0.3, -0.25) is 4.57 Å². The lowest BCUT2D eigenvalue weighted by Gasteiger charge is -2.32. The number of rotatable bonds is 3. The predicted molar refractivity (Wildman–Crippen MR) is 127 cm³/mol. The van der Waals surface area contributed by atoms with E-state index < -0.39 is 0 Å². The van der Waals surface area contributed by atoms with Crippen molar-refractivity contribution in [2.45, 2.75) is 45.8 Å². The Labute approximate surface area is 184 Å². The second kappa shape index (κ2) is 7.08. The number of imidazole rings is 1. The summed E-state index contributed by atoms with van der Waals surface area (Å²) in [6.45, 7) is 10.4. The molecule has 1 saturated heterocycles. The van der Waals surface area contributed by atoms with Crippen LogP contribution in [0.2, 0.25) is 0 Å². The quantitative estimate of drug-likeness (QED) is 0.430. The zero-order valence-corrected chi connectivity index (χ0v) is 18.7. The molecule has 3 aromatic carbocycles. The number of benzene rings is 3. The summed E-state index contributed by atoms with van der Waals surface area (Å²) in [4.78, 5) is 4.96. The molecule has 4 nitrogen and oxygen atoms in total. The minimum absolute atomic E-state index is 0.351. The summed E-state index contributed by atoms with van der Waals surface area (Å²) in [7, 11) is -0.366. The van der Waals surface area contributed by atoms with E-state index in [2.05, 4.69) is 106 Å². The molecule has 0 unspecified atom stereocenters. The smallest absolute Gasteiger partial charge is 0.399 e. The molecule has 0 aliphatic carbocycles. The third-order valence-electron chi connectivity index (χ3n) is 6.55. The van der Waals surface area contributed by atoms with Crippen LogP contribution >= 0.6 is 0 Å². The number of hydrogen-bond acceptors (Lipinski definition) is 3. The third kappa shape index (κ3) is 3.38. The molecule has 156 valence electrons. The standard InChI is InChI=1S/C26H27BN2O2/c1-18-10-16-21(17-11-18)29-23-9-7-6-8-22(23)28-24(29)19-12-14-20(15-13-19)27-30-25(2,3)26(4,5)31-27/h6-17H,1-5H3. The molecule has 5 rings (SSSR count). The molecule has 0 spiro atoms. The van der Waals surface area contributed by atoms with Gasteiger partial charge in [-0.1, -0.05) is 54.1 Å². The van der Waals surface area contributed by atoms with E-state index in [0.29, 0.717) is 0 Å². The zero-order valence-electron chi connectivity index (χ0n) is 18.7. The van der Waals surface area contributed by atoms with Crippen molar-refractivity contribution >= 4 is 23.6 Å². The van der Waals surface area contributed by atoms with E-state index in [0.717, 1.165) is 33.6 Å². The van der Waals surface area contributed by atoms with E-state index >= 15 is 0 Å². The van der Waals surface area contributed by atoms with Crippen molar-refractivity contribution in [1.82, 2.24) is 9.55 Å². The fourth-order valence-corrected chi connectivity index (χ4v) is 3.94. The van der Waals surface area contributed by atoms with Crippen LogP contribution in [0.5, 0.6) is 0 Å². The van der Waals surface area contributed by atoms with Gasteiger partial charge in [0.2, 0.25) is 0 Å². The van der Waals surface area contributed by atoms with Gasteiger partial charge in [0.05, 0.1) is 22.2 Å².